The molecule has 0 unspecified atom stereocenters. The molecule has 0 radical (unpaired) electrons. The van der Waals surface area contributed by atoms with E-state index in [4.69, 9.17) is 5.73 Å². The van der Waals surface area contributed by atoms with Crippen molar-refractivity contribution < 1.29 is 4.79 Å². The fourth-order valence-electron chi connectivity index (χ4n) is 2.06. The minimum Gasteiger partial charge on any atom is -0.398 e. The number of aryl methyl sites for hydroxylation is 1. The fourth-order valence-corrected chi connectivity index (χ4v) is 2.62. The molecule has 3 nitrogen and oxygen atoms in total. The number of nitrogen functional groups attached to an aromatic ring is 1. The number of anilines is 2. The van der Waals surface area contributed by atoms with E-state index in [9.17, 15) is 4.79 Å². The number of unbranched alkanes of at least 4 members (excludes halogenated alkanes) is 5. The van der Waals surface area contributed by atoms with Gasteiger partial charge in [-0.1, -0.05) is 39.0 Å². The minimum absolute atomic E-state index is 0.0597. The van der Waals surface area contributed by atoms with Crippen LogP contribution in [0.15, 0.2) is 16.6 Å². The molecule has 0 aliphatic carbocycles. The molecule has 112 valence electrons. The second-order valence-electron chi connectivity index (χ2n) is 5.25. The number of rotatable bonds is 8. The summed E-state index contributed by atoms with van der Waals surface area (Å²) in [7, 11) is 0. The molecule has 0 bridgehead atoms. The van der Waals surface area contributed by atoms with Crippen LogP contribution in [0.5, 0.6) is 0 Å². The first kappa shape index (κ1) is 17.0. The zero-order valence-electron chi connectivity index (χ0n) is 12.5. The lowest BCUT2D eigenvalue weighted by molar-refractivity contribution is -0.116. The van der Waals surface area contributed by atoms with Crippen molar-refractivity contribution in [1.29, 1.82) is 0 Å². The lowest BCUT2D eigenvalue weighted by atomic mass is 10.1. The molecule has 0 heterocycles. The Bertz CT molecular complexity index is 446. The maximum absolute atomic E-state index is 11.9. The van der Waals surface area contributed by atoms with E-state index >= 15 is 0 Å². The molecule has 0 aromatic heterocycles. The SMILES string of the molecule is CCCCCCCCC(=O)Nc1cc(N)c(C)cc1Br. The van der Waals surface area contributed by atoms with E-state index in [2.05, 4.69) is 28.2 Å². The second-order valence-corrected chi connectivity index (χ2v) is 6.11. The smallest absolute Gasteiger partial charge is 0.224 e. The minimum atomic E-state index is 0.0597. The van der Waals surface area contributed by atoms with Crippen LogP contribution in [0.25, 0.3) is 0 Å². The summed E-state index contributed by atoms with van der Waals surface area (Å²) in [5.41, 5.74) is 8.32. The maximum Gasteiger partial charge on any atom is 0.224 e. The van der Waals surface area contributed by atoms with Crippen molar-refractivity contribution in [1.82, 2.24) is 0 Å². The standard InChI is InChI=1S/C16H25BrN2O/c1-3-4-5-6-7-8-9-16(20)19-15-11-14(18)12(2)10-13(15)17/h10-11H,3-9,18H2,1-2H3,(H,19,20). The first-order chi connectivity index (χ1) is 9.54. The molecule has 3 N–H and O–H groups in total. The van der Waals surface area contributed by atoms with E-state index in [1.54, 1.807) is 6.07 Å². The van der Waals surface area contributed by atoms with E-state index in [-0.39, 0.29) is 5.91 Å². The summed E-state index contributed by atoms with van der Waals surface area (Å²) in [6, 6.07) is 3.73. The van der Waals surface area contributed by atoms with Crippen LogP contribution < -0.4 is 11.1 Å². The van der Waals surface area contributed by atoms with Crippen LogP contribution in [0.3, 0.4) is 0 Å². The molecule has 1 aromatic rings. The molecule has 0 fully saturated rings. The summed E-state index contributed by atoms with van der Waals surface area (Å²) in [6.45, 7) is 4.15. The van der Waals surface area contributed by atoms with Crippen LogP contribution in [0.4, 0.5) is 11.4 Å². The van der Waals surface area contributed by atoms with Gasteiger partial charge in [0.2, 0.25) is 5.91 Å². The third-order valence-electron chi connectivity index (χ3n) is 3.39. The summed E-state index contributed by atoms with van der Waals surface area (Å²) >= 11 is 3.45. The van der Waals surface area contributed by atoms with Gasteiger partial charge in [0.05, 0.1) is 5.69 Å². The molecule has 20 heavy (non-hydrogen) atoms. The third-order valence-corrected chi connectivity index (χ3v) is 4.04. The zero-order chi connectivity index (χ0) is 15.0. The topological polar surface area (TPSA) is 55.1 Å². The van der Waals surface area contributed by atoms with E-state index in [0.717, 1.165) is 28.6 Å². The second kappa shape index (κ2) is 9.01. The number of benzene rings is 1. The summed E-state index contributed by atoms with van der Waals surface area (Å²) in [6.07, 6.45) is 7.71. The van der Waals surface area contributed by atoms with Gasteiger partial charge in [-0.3, -0.25) is 4.79 Å². The van der Waals surface area contributed by atoms with E-state index in [1.807, 2.05) is 13.0 Å². The molecule has 0 aliphatic rings. The molecule has 1 rings (SSSR count). The number of nitrogens with one attached hydrogen (secondary N) is 1. The van der Waals surface area contributed by atoms with Gasteiger partial charge < -0.3 is 11.1 Å². The molecule has 1 amide bonds. The summed E-state index contributed by atoms with van der Waals surface area (Å²) in [5, 5.41) is 2.91. The van der Waals surface area contributed by atoms with E-state index in [0.29, 0.717) is 12.1 Å². The molecule has 0 saturated carbocycles. The Hall–Kier alpha value is -1.03. The molecular weight excluding hydrogens is 316 g/mol. The highest BCUT2D eigenvalue weighted by molar-refractivity contribution is 9.10. The summed E-state index contributed by atoms with van der Waals surface area (Å²) in [5.74, 6) is 0.0597. The molecule has 4 heteroatoms. The lowest BCUT2D eigenvalue weighted by Crippen LogP contribution is -2.12. The first-order valence-corrected chi connectivity index (χ1v) is 8.19. The van der Waals surface area contributed by atoms with Gasteiger partial charge in [-0.05, 0) is 47.0 Å². The Morgan fingerprint density at radius 3 is 2.55 bits per heavy atom. The molecule has 0 spiro atoms. The van der Waals surface area contributed by atoms with Crippen molar-refractivity contribution in [2.45, 2.75) is 58.8 Å². The van der Waals surface area contributed by atoms with Crippen molar-refractivity contribution in [3.05, 3.63) is 22.2 Å². The number of halogens is 1. The fraction of sp³-hybridized carbons (Fsp3) is 0.562. The number of amides is 1. The van der Waals surface area contributed by atoms with E-state index < -0.39 is 0 Å². The van der Waals surface area contributed by atoms with Gasteiger partial charge in [0.15, 0.2) is 0 Å². The molecule has 1 aromatic carbocycles. The Morgan fingerprint density at radius 2 is 1.85 bits per heavy atom. The van der Waals surface area contributed by atoms with Gasteiger partial charge in [0.25, 0.3) is 0 Å². The van der Waals surface area contributed by atoms with Gasteiger partial charge in [0.1, 0.15) is 0 Å². The van der Waals surface area contributed by atoms with Gasteiger partial charge in [-0.15, -0.1) is 0 Å². The van der Waals surface area contributed by atoms with Gasteiger partial charge in [-0.25, -0.2) is 0 Å². The summed E-state index contributed by atoms with van der Waals surface area (Å²) < 4.78 is 0.875. The Labute approximate surface area is 130 Å². The van der Waals surface area contributed by atoms with Crippen molar-refractivity contribution in [2.24, 2.45) is 0 Å². The quantitative estimate of drug-likeness (QED) is 0.515. The molecule has 0 aliphatic heterocycles. The van der Waals surface area contributed by atoms with Gasteiger partial charge in [-0.2, -0.15) is 0 Å². The maximum atomic E-state index is 11.9. The van der Waals surface area contributed by atoms with Crippen LogP contribution in [0.2, 0.25) is 0 Å². The summed E-state index contributed by atoms with van der Waals surface area (Å²) in [4.78, 5) is 11.9. The van der Waals surface area contributed by atoms with Crippen LogP contribution in [0, 0.1) is 6.92 Å². The zero-order valence-corrected chi connectivity index (χ0v) is 14.1. The van der Waals surface area contributed by atoms with Crippen molar-refractivity contribution in [2.75, 3.05) is 11.1 Å². The predicted octanol–water partition coefficient (Wildman–Crippen LogP) is 5.03. The van der Waals surface area contributed by atoms with Crippen LogP contribution in [-0.2, 0) is 4.79 Å². The Balaban J connectivity index is 2.34. The van der Waals surface area contributed by atoms with Crippen LogP contribution in [0.1, 0.15) is 57.4 Å². The van der Waals surface area contributed by atoms with Gasteiger partial charge >= 0.3 is 0 Å². The molecule has 0 atom stereocenters. The number of hydrogen-bond acceptors (Lipinski definition) is 2. The highest BCUT2D eigenvalue weighted by Gasteiger charge is 2.07. The number of carbonyl (C=O) groups excluding carboxylic acids is 1. The van der Waals surface area contributed by atoms with Gasteiger partial charge in [0, 0.05) is 16.6 Å². The molecular formula is C16H25BrN2O. The third kappa shape index (κ3) is 5.95. The Morgan fingerprint density at radius 1 is 1.20 bits per heavy atom. The van der Waals surface area contributed by atoms with E-state index in [1.165, 1.54) is 25.7 Å². The Kier molecular flexibility index (Phi) is 7.67. The van der Waals surface area contributed by atoms with Crippen LogP contribution >= 0.6 is 15.9 Å². The highest BCUT2D eigenvalue weighted by Crippen LogP contribution is 2.27. The first-order valence-electron chi connectivity index (χ1n) is 7.40. The van der Waals surface area contributed by atoms with Crippen LogP contribution in [-0.4, -0.2) is 5.91 Å². The average Bonchev–Trinajstić information content (AvgIpc) is 2.40. The highest BCUT2D eigenvalue weighted by atomic mass is 79.9. The predicted molar refractivity (Wildman–Crippen MR) is 89.9 cm³/mol. The van der Waals surface area contributed by atoms with Crippen molar-refractivity contribution >= 4 is 33.2 Å². The number of hydrogen-bond donors (Lipinski definition) is 2. The lowest BCUT2D eigenvalue weighted by Gasteiger charge is -2.10. The normalized spacial score (nSPS) is 10.6. The largest absolute Gasteiger partial charge is 0.398 e. The molecule has 0 saturated heterocycles. The van der Waals surface area contributed by atoms with Crippen molar-refractivity contribution in [3.8, 4) is 0 Å². The van der Waals surface area contributed by atoms with Crippen molar-refractivity contribution in [3.63, 3.8) is 0 Å². The monoisotopic (exact) mass is 340 g/mol. The average molecular weight is 341 g/mol. The number of nitrogens with two attached hydrogens (primary N) is 1. The number of carbonyl (C=O) groups is 1.